The topological polar surface area (TPSA) is 35.5 Å². The summed E-state index contributed by atoms with van der Waals surface area (Å²) in [6.07, 6.45) is 7.93. The number of benzene rings is 1. The summed E-state index contributed by atoms with van der Waals surface area (Å²) in [6.45, 7) is 2.82. The van der Waals surface area contributed by atoms with Gasteiger partial charge in [-0.15, -0.1) is 0 Å². The van der Waals surface area contributed by atoms with Gasteiger partial charge in [0, 0.05) is 18.4 Å². The Balaban J connectivity index is 1.75. The highest BCUT2D eigenvalue weighted by molar-refractivity contribution is 5.97. The Morgan fingerprint density at radius 1 is 1.08 bits per heavy atom. The zero-order valence-corrected chi connectivity index (χ0v) is 15.1. The summed E-state index contributed by atoms with van der Waals surface area (Å²) >= 11 is 0. The highest BCUT2D eigenvalue weighted by atomic mass is 16.7. The van der Waals surface area contributed by atoms with Crippen molar-refractivity contribution in [2.45, 2.75) is 76.1 Å². The maximum Gasteiger partial charge on any atom is 0.158 e. The Labute approximate surface area is 150 Å². The van der Waals surface area contributed by atoms with E-state index in [1.807, 2.05) is 6.92 Å². The number of allylic oxidation sites excluding steroid dienone is 1. The number of fused-ring (bicyclic) bond motifs is 1. The van der Waals surface area contributed by atoms with Gasteiger partial charge in [0.1, 0.15) is 0 Å². The third-order valence-electron chi connectivity index (χ3n) is 6.34. The normalized spacial score (nSPS) is 33.2. The molecule has 2 aliphatic carbocycles. The number of hydrogen-bond donors (Lipinski definition) is 0. The van der Waals surface area contributed by atoms with E-state index in [1.165, 1.54) is 17.6 Å². The van der Waals surface area contributed by atoms with Crippen LogP contribution < -0.4 is 0 Å². The molecule has 0 spiro atoms. The van der Waals surface area contributed by atoms with Crippen molar-refractivity contribution >= 4 is 5.78 Å². The number of ether oxygens (including phenoxy) is 2. The van der Waals surface area contributed by atoms with Crippen LogP contribution >= 0.6 is 0 Å². The van der Waals surface area contributed by atoms with E-state index >= 15 is 0 Å². The summed E-state index contributed by atoms with van der Waals surface area (Å²) < 4.78 is 12.5. The Bertz CT molecular complexity index is 657. The van der Waals surface area contributed by atoms with Crippen LogP contribution in [-0.2, 0) is 19.7 Å². The lowest BCUT2D eigenvalue weighted by Gasteiger charge is -2.50. The number of carbonyl (C=O) groups is 1. The van der Waals surface area contributed by atoms with Crippen LogP contribution in [0.3, 0.4) is 0 Å². The number of Topliss-reactive ketones (excluding diaryl/α,β-unsaturated/α-hetero) is 1. The van der Waals surface area contributed by atoms with Gasteiger partial charge in [0.2, 0.25) is 0 Å². The summed E-state index contributed by atoms with van der Waals surface area (Å²) in [7, 11) is 0. The molecule has 1 aromatic carbocycles. The molecule has 3 nitrogen and oxygen atoms in total. The molecule has 3 unspecified atom stereocenters. The van der Waals surface area contributed by atoms with Crippen LogP contribution in [0.25, 0.3) is 0 Å². The van der Waals surface area contributed by atoms with Gasteiger partial charge in [-0.05, 0) is 63.0 Å². The first-order chi connectivity index (χ1) is 12.2. The van der Waals surface area contributed by atoms with Crippen molar-refractivity contribution in [3.8, 4) is 0 Å². The van der Waals surface area contributed by atoms with Crippen LogP contribution in [-0.4, -0.2) is 24.8 Å². The first kappa shape index (κ1) is 17.0. The van der Waals surface area contributed by atoms with E-state index in [0.717, 1.165) is 50.7 Å². The molecule has 3 aliphatic rings. The predicted molar refractivity (Wildman–Crippen MR) is 97.4 cm³/mol. The molecule has 1 heterocycles. The molecule has 25 heavy (non-hydrogen) atoms. The standard InChI is InChI=1S/C22H28O3/c1-16-18-10-7-11-20(25-21-12-5-6-15-24-21)22(18,14-13-19(16)23)17-8-3-2-4-9-17/h2-4,8-9,20-21H,5-7,10-15H2,1H3. The van der Waals surface area contributed by atoms with Crippen LogP contribution in [0, 0.1) is 0 Å². The molecule has 1 aliphatic heterocycles. The average molecular weight is 340 g/mol. The molecule has 0 amide bonds. The monoisotopic (exact) mass is 340 g/mol. The van der Waals surface area contributed by atoms with Gasteiger partial charge < -0.3 is 9.47 Å². The maximum absolute atomic E-state index is 12.4. The third kappa shape index (κ3) is 2.98. The van der Waals surface area contributed by atoms with Gasteiger partial charge in [-0.3, -0.25) is 4.79 Å². The van der Waals surface area contributed by atoms with Crippen molar-refractivity contribution in [3.05, 3.63) is 47.0 Å². The number of ketones is 1. The average Bonchev–Trinajstić information content (AvgIpc) is 2.67. The molecule has 1 saturated heterocycles. The minimum atomic E-state index is -0.154. The van der Waals surface area contributed by atoms with Gasteiger partial charge in [-0.2, -0.15) is 0 Å². The van der Waals surface area contributed by atoms with Crippen LogP contribution in [0.1, 0.15) is 63.9 Å². The van der Waals surface area contributed by atoms with Crippen LogP contribution in [0.15, 0.2) is 41.5 Å². The molecule has 4 rings (SSSR count). The molecular weight excluding hydrogens is 312 g/mol. The number of hydrogen-bond acceptors (Lipinski definition) is 3. The third-order valence-corrected chi connectivity index (χ3v) is 6.34. The van der Waals surface area contributed by atoms with Crippen molar-refractivity contribution in [2.24, 2.45) is 0 Å². The van der Waals surface area contributed by atoms with Gasteiger partial charge in [-0.25, -0.2) is 0 Å². The van der Waals surface area contributed by atoms with E-state index in [4.69, 9.17) is 9.47 Å². The quantitative estimate of drug-likeness (QED) is 0.800. The Kier molecular flexibility index (Phi) is 4.79. The van der Waals surface area contributed by atoms with Crippen LogP contribution in [0.4, 0.5) is 0 Å². The largest absolute Gasteiger partial charge is 0.353 e. The zero-order valence-electron chi connectivity index (χ0n) is 15.1. The lowest BCUT2D eigenvalue weighted by Crippen LogP contribution is -2.50. The lowest BCUT2D eigenvalue weighted by atomic mass is 9.58. The number of carbonyl (C=O) groups excluding carboxylic acids is 1. The second kappa shape index (κ2) is 7.05. The van der Waals surface area contributed by atoms with Gasteiger partial charge in [0.05, 0.1) is 6.10 Å². The van der Waals surface area contributed by atoms with Gasteiger partial charge in [0.15, 0.2) is 12.1 Å². The molecule has 1 saturated carbocycles. The fourth-order valence-corrected chi connectivity index (χ4v) is 5.05. The first-order valence-corrected chi connectivity index (χ1v) is 9.78. The highest BCUT2D eigenvalue weighted by Crippen LogP contribution is 2.52. The summed E-state index contributed by atoms with van der Waals surface area (Å²) in [5.41, 5.74) is 3.45. The summed E-state index contributed by atoms with van der Waals surface area (Å²) in [5.74, 6) is 0.316. The molecule has 134 valence electrons. The van der Waals surface area contributed by atoms with Gasteiger partial charge in [0.25, 0.3) is 0 Å². The zero-order chi connectivity index (χ0) is 17.3. The fraction of sp³-hybridized carbons (Fsp3) is 0.591. The van der Waals surface area contributed by atoms with Crippen molar-refractivity contribution in [2.75, 3.05) is 6.61 Å². The second-order valence-corrected chi connectivity index (χ2v) is 7.68. The lowest BCUT2D eigenvalue weighted by molar-refractivity contribution is -0.204. The van der Waals surface area contributed by atoms with Crippen molar-refractivity contribution in [1.29, 1.82) is 0 Å². The summed E-state index contributed by atoms with van der Waals surface area (Å²) in [6, 6.07) is 10.7. The minimum Gasteiger partial charge on any atom is -0.353 e. The molecule has 1 aromatic rings. The van der Waals surface area contributed by atoms with E-state index in [2.05, 4.69) is 30.3 Å². The maximum atomic E-state index is 12.4. The van der Waals surface area contributed by atoms with Crippen LogP contribution in [0.2, 0.25) is 0 Å². The predicted octanol–water partition coefficient (Wildman–Crippen LogP) is 4.70. The smallest absolute Gasteiger partial charge is 0.158 e. The molecule has 0 aromatic heterocycles. The van der Waals surface area contributed by atoms with E-state index in [9.17, 15) is 4.79 Å². The minimum absolute atomic E-state index is 0.0865. The summed E-state index contributed by atoms with van der Waals surface area (Å²) in [5, 5.41) is 0. The van der Waals surface area contributed by atoms with Gasteiger partial charge >= 0.3 is 0 Å². The first-order valence-electron chi connectivity index (χ1n) is 9.78. The molecular formula is C22H28O3. The Morgan fingerprint density at radius 3 is 2.68 bits per heavy atom. The van der Waals surface area contributed by atoms with Gasteiger partial charge in [-0.1, -0.05) is 35.9 Å². The van der Waals surface area contributed by atoms with E-state index < -0.39 is 0 Å². The van der Waals surface area contributed by atoms with E-state index in [1.54, 1.807) is 0 Å². The Morgan fingerprint density at radius 2 is 1.92 bits per heavy atom. The van der Waals surface area contributed by atoms with Crippen molar-refractivity contribution in [1.82, 2.24) is 0 Å². The molecule has 0 bridgehead atoms. The van der Waals surface area contributed by atoms with E-state index in [0.29, 0.717) is 12.2 Å². The molecule has 3 atom stereocenters. The fourth-order valence-electron chi connectivity index (χ4n) is 5.05. The SMILES string of the molecule is CC1=C2CCCC(OC3CCCCO3)C2(c2ccccc2)CCC1=O. The number of rotatable bonds is 3. The molecule has 3 heteroatoms. The molecule has 0 N–H and O–H groups in total. The molecule has 0 radical (unpaired) electrons. The second-order valence-electron chi connectivity index (χ2n) is 7.68. The van der Waals surface area contributed by atoms with Crippen molar-refractivity contribution in [3.63, 3.8) is 0 Å². The molecule has 2 fully saturated rings. The Hall–Kier alpha value is -1.45. The van der Waals surface area contributed by atoms with Crippen LogP contribution in [0.5, 0.6) is 0 Å². The summed E-state index contributed by atoms with van der Waals surface area (Å²) in [4.78, 5) is 12.4. The highest BCUT2D eigenvalue weighted by Gasteiger charge is 2.50. The van der Waals surface area contributed by atoms with E-state index in [-0.39, 0.29) is 17.8 Å². The van der Waals surface area contributed by atoms with Crippen molar-refractivity contribution < 1.29 is 14.3 Å².